The van der Waals surface area contributed by atoms with E-state index < -0.39 is 5.60 Å². The number of nitrogens with one attached hydrogen (secondary N) is 1. The van der Waals surface area contributed by atoms with Crippen molar-refractivity contribution in [1.82, 2.24) is 14.9 Å². The molecule has 1 unspecified atom stereocenters. The molecule has 0 spiro atoms. The fourth-order valence-electron chi connectivity index (χ4n) is 3.13. The van der Waals surface area contributed by atoms with E-state index >= 15 is 0 Å². The van der Waals surface area contributed by atoms with E-state index in [1.165, 1.54) is 0 Å². The van der Waals surface area contributed by atoms with Gasteiger partial charge in [-0.15, -0.1) is 0 Å². The van der Waals surface area contributed by atoms with Crippen LogP contribution in [0.5, 0.6) is 0 Å². The molecule has 3 heterocycles. The molecule has 3 N–H and O–H groups in total. The van der Waals surface area contributed by atoms with Crippen molar-refractivity contribution in [3.8, 4) is 0 Å². The van der Waals surface area contributed by atoms with Gasteiger partial charge in [0.25, 0.3) is 0 Å². The Kier molecular flexibility index (Phi) is 2.52. The Morgan fingerprint density at radius 1 is 1.58 bits per heavy atom. The summed E-state index contributed by atoms with van der Waals surface area (Å²) >= 11 is 0. The first kappa shape index (κ1) is 12.3. The van der Waals surface area contributed by atoms with E-state index in [0.29, 0.717) is 17.8 Å². The second kappa shape index (κ2) is 3.88. The van der Waals surface area contributed by atoms with Crippen molar-refractivity contribution in [1.29, 1.82) is 0 Å². The lowest BCUT2D eigenvalue weighted by atomic mass is 9.72. The van der Waals surface area contributed by atoms with Gasteiger partial charge in [0.1, 0.15) is 5.60 Å². The topological polar surface area (TPSA) is 84.2 Å². The van der Waals surface area contributed by atoms with Crippen LogP contribution in [-0.4, -0.2) is 39.1 Å². The molecule has 6 heteroatoms. The van der Waals surface area contributed by atoms with E-state index in [1.54, 1.807) is 6.20 Å². The van der Waals surface area contributed by atoms with Crippen LogP contribution in [0.1, 0.15) is 38.8 Å². The van der Waals surface area contributed by atoms with Gasteiger partial charge >= 0.3 is 6.09 Å². The van der Waals surface area contributed by atoms with E-state index in [9.17, 15) is 4.79 Å². The molecular formula is C13H20N4O2. The number of amides is 1. The zero-order valence-electron chi connectivity index (χ0n) is 11.5. The van der Waals surface area contributed by atoms with Gasteiger partial charge < -0.3 is 20.4 Å². The average molecular weight is 264 g/mol. The highest BCUT2D eigenvalue weighted by atomic mass is 16.6. The van der Waals surface area contributed by atoms with Crippen LogP contribution >= 0.6 is 0 Å². The minimum absolute atomic E-state index is 0.213. The number of aromatic nitrogens is 2. The molecule has 0 aromatic carbocycles. The maximum Gasteiger partial charge on any atom is 0.410 e. The highest BCUT2D eigenvalue weighted by molar-refractivity contribution is 5.70. The number of nitrogens with zero attached hydrogens (tertiary/aromatic N) is 2. The summed E-state index contributed by atoms with van der Waals surface area (Å²) in [5.74, 6) is 1.26. The first-order valence-electron chi connectivity index (χ1n) is 6.65. The molecule has 1 aromatic rings. The summed E-state index contributed by atoms with van der Waals surface area (Å²) in [5.41, 5.74) is 6.20. The molecule has 1 aliphatic carbocycles. The molecule has 3 fully saturated rings. The molecule has 2 saturated heterocycles. The molecule has 2 aliphatic heterocycles. The number of imidazole rings is 1. The van der Waals surface area contributed by atoms with Gasteiger partial charge in [-0.2, -0.15) is 0 Å². The molecule has 6 nitrogen and oxygen atoms in total. The molecular weight excluding hydrogens is 244 g/mol. The number of aromatic amines is 1. The number of rotatable bonds is 1. The summed E-state index contributed by atoms with van der Waals surface area (Å²) in [6.07, 6.45) is 2.61. The van der Waals surface area contributed by atoms with Gasteiger partial charge in [-0.25, -0.2) is 9.78 Å². The smallest absolute Gasteiger partial charge is 0.410 e. The van der Waals surface area contributed by atoms with Crippen molar-refractivity contribution in [2.75, 3.05) is 12.3 Å². The third-order valence-corrected chi connectivity index (χ3v) is 3.90. The first-order chi connectivity index (χ1) is 8.85. The van der Waals surface area contributed by atoms with E-state index in [-0.39, 0.29) is 12.1 Å². The van der Waals surface area contributed by atoms with Crippen LogP contribution in [0.3, 0.4) is 0 Å². The fourth-order valence-corrected chi connectivity index (χ4v) is 3.13. The zero-order chi connectivity index (χ0) is 13.8. The molecule has 3 atom stereocenters. The number of ether oxygens (including phenoxy) is 1. The van der Waals surface area contributed by atoms with Gasteiger partial charge in [-0.3, -0.25) is 0 Å². The van der Waals surface area contributed by atoms with Gasteiger partial charge in [0.2, 0.25) is 0 Å². The normalized spacial score (nSPS) is 29.2. The molecule has 1 amide bonds. The molecule has 4 rings (SSSR count). The van der Waals surface area contributed by atoms with E-state index in [4.69, 9.17) is 10.5 Å². The second-order valence-corrected chi connectivity index (χ2v) is 6.45. The molecule has 1 saturated carbocycles. The SMILES string of the molecule is CC(C)(C)OC(=O)N1C[C@@H]2C[C@H]1C2c1cnc(N)[nH]1. The Morgan fingerprint density at radius 3 is 2.89 bits per heavy atom. The third-order valence-electron chi connectivity index (χ3n) is 3.90. The molecule has 2 bridgehead atoms. The Hall–Kier alpha value is -1.72. The molecule has 0 radical (unpaired) electrons. The maximum absolute atomic E-state index is 12.1. The first-order valence-corrected chi connectivity index (χ1v) is 6.65. The molecule has 1 aromatic heterocycles. The van der Waals surface area contributed by atoms with Crippen molar-refractivity contribution in [2.45, 2.75) is 44.8 Å². The summed E-state index contributed by atoms with van der Waals surface area (Å²) in [6, 6.07) is 0.222. The van der Waals surface area contributed by atoms with E-state index in [2.05, 4.69) is 9.97 Å². The minimum atomic E-state index is -0.446. The lowest BCUT2D eigenvalue weighted by Gasteiger charge is -2.35. The van der Waals surface area contributed by atoms with Crippen LogP contribution in [-0.2, 0) is 4.74 Å². The van der Waals surface area contributed by atoms with Crippen molar-refractivity contribution < 1.29 is 9.53 Å². The summed E-state index contributed by atoms with van der Waals surface area (Å²) < 4.78 is 5.44. The van der Waals surface area contributed by atoms with Crippen LogP contribution < -0.4 is 5.73 Å². The summed E-state index contributed by atoms with van der Waals surface area (Å²) in [4.78, 5) is 21.1. The second-order valence-electron chi connectivity index (χ2n) is 6.45. The zero-order valence-corrected chi connectivity index (χ0v) is 11.5. The Balaban J connectivity index is 1.71. The van der Waals surface area contributed by atoms with Crippen LogP contribution in [0.15, 0.2) is 6.20 Å². The number of H-pyrrole nitrogens is 1. The highest BCUT2D eigenvalue weighted by Crippen LogP contribution is 2.52. The average Bonchev–Trinajstić information content (AvgIpc) is 2.88. The van der Waals surface area contributed by atoms with Crippen molar-refractivity contribution in [2.24, 2.45) is 5.92 Å². The van der Waals surface area contributed by atoms with Gasteiger partial charge in [-0.05, 0) is 33.1 Å². The number of nitrogen functional groups attached to an aromatic ring is 1. The van der Waals surface area contributed by atoms with Gasteiger partial charge in [0.05, 0.1) is 6.20 Å². The Labute approximate surface area is 112 Å². The molecule has 3 aliphatic rings. The highest BCUT2D eigenvalue weighted by Gasteiger charge is 2.55. The van der Waals surface area contributed by atoms with Crippen LogP contribution in [0, 0.1) is 5.92 Å². The standard InChI is InChI=1S/C13H20N4O2/c1-13(2,3)19-12(18)17-6-7-4-9(17)10(7)8-5-15-11(14)16-8/h5,7,9-10H,4,6H2,1-3H3,(H3,14,15,16)/t7-,9-,10?/m0/s1. The van der Waals surface area contributed by atoms with Crippen LogP contribution in [0.4, 0.5) is 10.7 Å². The van der Waals surface area contributed by atoms with E-state index in [0.717, 1.165) is 18.7 Å². The summed E-state index contributed by atoms with van der Waals surface area (Å²) in [6.45, 7) is 6.43. The monoisotopic (exact) mass is 264 g/mol. The Bertz CT molecular complexity index is 505. The number of nitrogens with two attached hydrogens (primary N) is 1. The van der Waals surface area contributed by atoms with Crippen LogP contribution in [0.25, 0.3) is 0 Å². The Morgan fingerprint density at radius 2 is 2.32 bits per heavy atom. The van der Waals surface area contributed by atoms with Crippen molar-refractivity contribution >= 4 is 12.0 Å². The molecule has 19 heavy (non-hydrogen) atoms. The number of carbonyl (C=O) groups is 1. The van der Waals surface area contributed by atoms with Crippen molar-refractivity contribution in [3.63, 3.8) is 0 Å². The fraction of sp³-hybridized carbons (Fsp3) is 0.692. The lowest BCUT2D eigenvalue weighted by Crippen LogP contribution is -2.42. The van der Waals surface area contributed by atoms with Crippen LogP contribution in [0.2, 0.25) is 0 Å². The van der Waals surface area contributed by atoms with Gasteiger partial charge in [0.15, 0.2) is 5.95 Å². The quantitative estimate of drug-likeness (QED) is 0.808. The lowest BCUT2D eigenvalue weighted by molar-refractivity contribution is 0.0232. The third kappa shape index (κ3) is 2.05. The maximum atomic E-state index is 12.1. The van der Waals surface area contributed by atoms with Gasteiger partial charge in [0, 0.05) is 24.2 Å². The number of hydrogen-bond acceptors (Lipinski definition) is 4. The predicted octanol–water partition coefficient (Wildman–Crippen LogP) is 1.71. The summed E-state index contributed by atoms with van der Waals surface area (Å²) in [5, 5.41) is 0. The molecule has 104 valence electrons. The number of carbonyl (C=O) groups excluding carboxylic acids is 1. The van der Waals surface area contributed by atoms with E-state index in [1.807, 2.05) is 25.7 Å². The number of anilines is 1. The summed E-state index contributed by atoms with van der Waals surface area (Å²) in [7, 11) is 0. The predicted molar refractivity (Wildman–Crippen MR) is 70.6 cm³/mol. The minimum Gasteiger partial charge on any atom is -0.444 e. The van der Waals surface area contributed by atoms with Gasteiger partial charge in [-0.1, -0.05) is 0 Å². The number of fused-ring (bicyclic) bond motifs is 1. The number of hydrogen-bond donors (Lipinski definition) is 2. The van der Waals surface area contributed by atoms with Crippen molar-refractivity contribution in [3.05, 3.63) is 11.9 Å². The largest absolute Gasteiger partial charge is 0.444 e.